The summed E-state index contributed by atoms with van der Waals surface area (Å²) in [5, 5.41) is 8.58. The molecule has 0 saturated heterocycles. The van der Waals surface area contributed by atoms with Gasteiger partial charge in [-0.2, -0.15) is 0 Å². The highest BCUT2D eigenvalue weighted by Gasteiger charge is 2.15. The van der Waals surface area contributed by atoms with Gasteiger partial charge in [0.2, 0.25) is 0 Å². The lowest BCUT2D eigenvalue weighted by atomic mass is 10.4. The summed E-state index contributed by atoms with van der Waals surface area (Å²) in [5.41, 5.74) is 0.568. The Labute approximate surface area is 125 Å². The van der Waals surface area contributed by atoms with E-state index in [9.17, 15) is 4.79 Å². The van der Waals surface area contributed by atoms with E-state index in [-0.39, 0.29) is 16.9 Å². The smallest absolute Gasteiger partial charge is 0.295 e. The van der Waals surface area contributed by atoms with Gasteiger partial charge in [0, 0.05) is 11.8 Å². The molecular weight excluding hydrogens is 296 g/mol. The van der Waals surface area contributed by atoms with Gasteiger partial charge in [0.25, 0.3) is 10.8 Å². The van der Waals surface area contributed by atoms with Gasteiger partial charge in [-0.1, -0.05) is 16.9 Å². The summed E-state index contributed by atoms with van der Waals surface area (Å²) in [7, 11) is 0. The van der Waals surface area contributed by atoms with E-state index in [4.69, 9.17) is 4.74 Å². The van der Waals surface area contributed by atoms with Crippen LogP contribution in [-0.2, 0) is 0 Å². The number of aromatic nitrogens is 4. The molecule has 0 aliphatic carbocycles. The fourth-order valence-corrected chi connectivity index (χ4v) is 3.50. The first-order valence-electron chi connectivity index (χ1n) is 6.18. The van der Waals surface area contributed by atoms with Crippen molar-refractivity contribution in [2.24, 2.45) is 0 Å². The molecule has 2 aromatic rings. The standard InChI is InChI=1S/C12H16N4O2S2/c1-6(2)18-11-15-16-12(20-11)19-8(4)10-13-7(3)5-9(17)14-10/h5-6,8H,1-4H3,(H,13,14,17)/t8-/m0/s1. The maximum atomic E-state index is 11.4. The summed E-state index contributed by atoms with van der Waals surface area (Å²) < 4.78 is 6.27. The Morgan fingerprint density at radius 2 is 2.10 bits per heavy atom. The number of nitrogens with zero attached hydrogens (tertiary/aromatic N) is 3. The second-order valence-electron chi connectivity index (χ2n) is 4.53. The Kier molecular flexibility index (Phi) is 4.77. The molecule has 0 fully saturated rings. The van der Waals surface area contributed by atoms with Crippen LogP contribution in [0, 0.1) is 6.92 Å². The monoisotopic (exact) mass is 312 g/mol. The molecule has 1 N–H and O–H groups in total. The SMILES string of the molecule is Cc1cc(=O)[nH]c([C@H](C)Sc2nnc(OC(C)C)s2)n1. The molecule has 0 aliphatic heterocycles. The molecule has 0 aromatic carbocycles. The summed E-state index contributed by atoms with van der Waals surface area (Å²) in [5.74, 6) is 0.640. The molecule has 20 heavy (non-hydrogen) atoms. The molecule has 2 rings (SSSR count). The lowest BCUT2D eigenvalue weighted by Gasteiger charge is -2.08. The lowest BCUT2D eigenvalue weighted by Crippen LogP contribution is -2.12. The molecule has 0 unspecified atom stereocenters. The number of aryl methyl sites for hydroxylation is 1. The van der Waals surface area contributed by atoms with Crippen LogP contribution in [-0.4, -0.2) is 26.3 Å². The predicted molar refractivity (Wildman–Crippen MR) is 79.5 cm³/mol. The third-order valence-electron chi connectivity index (χ3n) is 2.28. The van der Waals surface area contributed by atoms with Crippen LogP contribution in [0.1, 0.15) is 37.5 Å². The molecule has 0 amide bonds. The van der Waals surface area contributed by atoms with E-state index in [1.54, 1.807) is 6.92 Å². The highest BCUT2D eigenvalue weighted by molar-refractivity contribution is 8.01. The van der Waals surface area contributed by atoms with Crippen molar-refractivity contribution in [3.05, 3.63) is 27.9 Å². The van der Waals surface area contributed by atoms with Gasteiger partial charge >= 0.3 is 0 Å². The third kappa shape index (κ3) is 4.04. The van der Waals surface area contributed by atoms with E-state index < -0.39 is 0 Å². The van der Waals surface area contributed by atoms with Gasteiger partial charge in [0.05, 0.1) is 11.4 Å². The molecule has 0 saturated carbocycles. The number of hydrogen-bond acceptors (Lipinski definition) is 7. The quantitative estimate of drug-likeness (QED) is 0.855. The number of H-pyrrole nitrogens is 1. The highest BCUT2D eigenvalue weighted by atomic mass is 32.2. The van der Waals surface area contributed by atoms with Crippen LogP contribution in [0.4, 0.5) is 0 Å². The van der Waals surface area contributed by atoms with E-state index in [0.717, 1.165) is 4.34 Å². The second-order valence-corrected chi connectivity index (χ2v) is 7.06. The van der Waals surface area contributed by atoms with Crippen molar-refractivity contribution in [2.75, 3.05) is 0 Å². The van der Waals surface area contributed by atoms with E-state index >= 15 is 0 Å². The number of hydrogen-bond donors (Lipinski definition) is 1. The maximum Gasteiger partial charge on any atom is 0.295 e. The van der Waals surface area contributed by atoms with Crippen molar-refractivity contribution in [3.63, 3.8) is 0 Å². The van der Waals surface area contributed by atoms with Crippen LogP contribution >= 0.6 is 23.1 Å². The van der Waals surface area contributed by atoms with Gasteiger partial charge in [-0.3, -0.25) is 4.79 Å². The van der Waals surface area contributed by atoms with Gasteiger partial charge in [0.15, 0.2) is 4.34 Å². The zero-order chi connectivity index (χ0) is 14.7. The largest absolute Gasteiger partial charge is 0.466 e. The molecular formula is C12H16N4O2S2. The van der Waals surface area contributed by atoms with Crippen molar-refractivity contribution in [2.45, 2.75) is 43.4 Å². The zero-order valence-electron chi connectivity index (χ0n) is 11.7. The normalized spacial score (nSPS) is 12.7. The Bertz CT molecular complexity index is 638. The average molecular weight is 312 g/mol. The first-order valence-corrected chi connectivity index (χ1v) is 7.88. The summed E-state index contributed by atoms with van der Waals surface area (Å²) >= 11 is 2.89. The molecule has 2 heterocycles. The molecule has 0 spiro atoms. The van der Waals surface area contributed by atoms with Crippen molar-refractivity contribution in [1.82, 2.24) is 20.2 Å². The van der Waals surface area contributed by atoms with Crippen LogP contribution < -0.4 is 10.3 Å². The molecule has 0 radical (unpaired) electrons. The fourth-order valence-electron chi connectivity index (χ4n) is 1.50. The lowest BCUT2D eigenvalue weighted by molar-refractivity contribution is 0.239. The van der Waals surface area contributed by atoms with E-state index in [1.807, 2.05) is 20.8 Å². The minimum Gasteiger partial charge on any atom is -0.466 e. The molecule has 0 bridgehead atoms. The summed E-state index contributed by atoms with van der Waals surface area (Å²) in [4.78, 5) is 18.5. The van der Waals surface area contributed by atoms with Gasteiger partial charge in [-0.25, -0.2) is 4.98 Å². The topological polar surface area (TPSA) is 80.8 Å². The molecule has 2 aromatic heterocycles. The van der Waals surface area contributed by atoms with Gasteiger partial charge in [-0.15, -0.1) is 5.10 Å². The van der Waals surface area contributed by atoms with Crippen LogP contribution in [0.15, 0.2) is 15.2 Å². The van der Waals surface area contributed by atoms with E-state index in [0.29, 0.717) is 16.7 Å². The van der Waals surface area contributed by atoms with Crippen molar-refractivity contribution in [1.29, 1.82) is 0 Å². The number of thioether (sulfide) groups is 1. The Hall–Kier alpha value is -1.41. The Morgan fingerprint density at radius 3 is 2.75 bits per heavy atom. The third-order valence-corrected chi connectivity index (χ3v) is 4.28. The minimum absolute atomic E-state index is 0.0116. The van der Waals surface area contributed by atoms with Crippen LogP contribution in [0.5, 0.6) is 5.19 Å². The first kappa shape index (κ1) is 15.0. The number of ether oxygens (including phenoxy) is 1. The van der Waals surface area contributed by atoms with Gasteiger partial charge in [-0.05, 0) is 39.0 Å². The average Bonchev–Trinajstić information content (AvgIpc) is 2.74. The molecule has 0 aliphatic rings. The van der Waals surface area contributed by atoms with Crippen molar-refractivity contribution in [3.8, 4) is 5.19 Å². The summed E-state index contributed by atoms with van der Waals surface area (Å²) in [6.07, 6.45) is 0.0769. The van der Waals surface area contributed by atoms with E-state index in [1.165, 1.54) is 29.2 Å². The second kappa shape index (κ2) is 6.36. The predicted octanol–water partition coefficient (Wildman–Crippen LogP) is 2.57. The Balaban J connectivity index is 2.09. The number of aromatic amines is 1. The molecule has 6 nitrogen and oxygen atoms in total. The van der Waals surface area contributed by atoms with Crippen molar-refractivity contribution >= 4 is 23.1 Å². The number of nitrogens with one attached hydrogen (secondary N) is 1. The van der Waals surface area contributed by atoms with Crippen LogP contribution in [0.3, 0.4) is 0 Å². The molecule has 108 valence electrons. The number of rotatable bonds is 5. The van der Waals surface area contributed by atoms with E-state index in [2.05, 4.69) is 20.2 Å². The highest BCUT2D eigenvalue weighted by Crippen LogP contribution is 2.36. The molecule has 1 atom stereocenters. The van der Waals surface area contributed by atoms with Crippen molar-refractivity contribution < 1.29 is 4.74 Å². The first-order chi connectivity index (χ1) is 9.44. The molecule has 8 heteroatoms. The maximum absolute atomic E-state index is 11.4. The van der Waals surface area contributed by atoms with Gasteiger partial charge in [0.1, 0.15) is 5.82 Å². The summed E-state index contributed by atoms with van der Waals surface area (Å²) in [6.45, 7) is 7.65. The minimum atomic E-state index is -0.138. The zero-order valence-corrected chi connectivity index (χ0v) is 13.3. The van der Waals surface area contributed by atoms with Crippen LogP contribution in [0.25, 0.3) is 0 Å². The Morgan fingerprint density at radius 1 is 1.35 bits per heavy atom. The van der Waals surface area contributed by atoms with Crippen LogP contribution in [0.2, 0.25) is 0 Å². The fraction of sp³-hybridized carbons (Fsp3) is 0.500. The van der Waals surface area contributed by atoms with Gasteiger partial charge < -0.3 is 9.72 Å². The summed E-state index contributed by atoms with van der Waals surface area (Å²) in [6, 6.07) is 1.47.